The average Bonchev–Trinajstić information content (AvgIpc) is 3.27. The van der Waals surface area contributed by atoms with Crippen molar-refractivity contribution in [3.05, 3.63) is 140 Å². The standard InChI is InChI=1S/C34H24N2/c1-3-11-28(12-4-1)35-29-18-20-34-32(23-29)31-22-27(26-16-15-24-9-7-8-10-25(24)21-26)17-19-33(31)36(34)30-13-5-2-6-14-30/h1-23,35H. The number of hydrogen-bond acceptors (Lipinski definition) is 1. The molecule has 1 heterocycles. The lowest BCUT2D eigenvalue weighted by Crippen LogP contribution is -1.93. The summed E-state index contributed by atoms with van der Waals surface area (Å²) in [5.74, 6) is 0. The van der Waals surface area contributed by atoms with Gasteiger partial charge in [-0.15, -0.1) is 0 Å². The van der Waals surface area contributed by atoms with Gasteiger partial charge in [0.2, 0.25) is 0 Å². The minimum absolute atomic E-state index is 1.08. The molecule has 7 rings (SSSR count). The van der Waals surface area contributed by atoms with Gasteiger partial charge in [0.05, 0.1) is 11.0 Å². The molecule has 36 heavy (non-hydrogen) atoms. The maximum Gasteiger partial charge on any atom is 0.0542 e. The third kappa shape index (κ3) is 3.52. The summed E-state index contributed by atoms with van der Waals surface area (Å²) in [6.07, 6.45) is 0. The minimum Gasteiger partial charge on any atom is -0.356 e. The summed E-state index contributed by atoms with van der Waals surface area (Å²) >= 11 is 0. The van der Waals surface area contributed by atoms with Gasteiger partial charge in [-0.1, -0.05) is 78.9 Å². The van der Waals surface area contributed by atoms with Crippen LogP contribution in [0.25, 0.3) is 49.4 Å². The normalized spacial score (nSPS) is 11.3. The summed E-state index contributed by atoms with van der Waals surface area (Å²) in [6, 6.07) is 49.7. The second-order valence-electron chi connectivity index (χ2n) is 9.19. The van der Waals surface area contributed by atoms with Crippen LogP contribution < -0.4 is 5.32 Å². The van der Waals surface area contributed by atoms with Crippen LogP contribution in [0.3, 0.4) is 0 Å². The molecule has 2 heteroatoms. The highest BCUT2D eigenvalue weighted by atomic mass is 15.0. The van der Waals surface area contributed by atoms with Gasteiger partial charge in [0.15, 0.2) is 0 Å². The zero-order valence-electron chi connectivity index (χ0n) is 19.7. The lowest BCUT2D eigenvalue weighted by molar-refractivity contribution is 1.18. The van der Waals surface area contributed by atoms with Gasteiger partial charge in [-0.3, -0.25) is 0 Å². The van der Waals surface area contributed by atoms with Gasteiger partial charge in [-0.25, -0.2) is 0 Å². The van der Waals surface area contributed by atoms with E-state index in [-0.39, 0.29) is 0 Å². The first-order valence-electron chi connectivity index (χ1n) is 12.3. The molecule has 0 aliphatic rings. The van der Waals surface area contributed by atoms with E-state index < -0.39 is 0 Å². The summed E-state index contributed by atoms with van der Waals surface area (Å²) in [7, 11) is 0. The first-order chi connectivity index (χ1) is 17.8. The zero-order valence-corrected chi connectivity index (χ0v) is 19.7. The molecule has 0 radical (unpaired) electrons. The molecule has 0 atom stereocenters. The van der Waals surface area contributed by atoms with Crippen LogP contribution in [-0.4, -0.2) is 4.57 Å². The van der Waals surface area contributed by atoms with Gasteiger partial charge in [-0.2, -0.15) is 0 Å². The highest BCUT2D eigenvalue weighted by Gasteiger charge is 2.14. The van der Waals surface area contributed by atoms with Crippen LogP contribution in [-0.2, 0) is 0 Å². The van der Waals surface area contributed by atoms with Crippen LogP contribution in [0, 0.1) is 0 Å². The third-order valence-electron chi connectivity index (χ3n) is 6.92. The number of para-hydroxylation sites is 2. The topological polar surface area (TPSA) is 17.0 Å². The molecule has 0 saturated heterocycles. The molecule has 170 valence electrons. The fraction of sp³-hybridized carbons (Fsp3) is 0. The summed E-state index contributed by atoms with van der Waals surface area (Å²) in [6.45, 7) is 0. The second-order valence-corrected chi connectivity index (χ2v) is 9.19. The van der Waals surface area contributed by atoms with E-state index in [2.05, 4.69) is 143 Å². The van der Waals surface area contributed by atoms with Crippen molar-refractivity contribution in [2.75, 3.05) is 5.32 Å². The number of fused-ring (bicyclic) bond motifs is 4. The Bertz CT molecular complexity index is 1850. The fourth-order valence-electron chi connectivity index (χ4n) is 5.19. The van der Waals surface area contributed by atoms with Gasteiger partial charge >= 0.3 is 0 Å². The third-order valence-corrected chi connectivity index (χ3v) is 6.92. The minimum atomic E-state index is 1.08. The lowest BCUT2D eigenvalue weighted by atomic mass is 9.99. The Balaban J connectivity index is 1.45. The van der Waals surface area contributed by atoms with Crippen molar-refractivity contribution < 1.29 is 0 Å². The Morgan fingerprint density at radius 2 is 1.03 bits per heavy atom. The van der Waals surface area contributed by atoms with E-state index in [1.165, 1.54) is 49.4 Å². The van der Waals surface area contributed by atoms with Gasteiger partial charge in [0.25, 0.3) is 0 Å². The SMILES string of the molecule is c1ccc(Nc2ccc3c(c2)c2cc(-c4ccc5ccccc5c4)ccc2n3-c2ccccc2)cc1. The van der Waals surface area contributed by atoms with Crippen LogP contribution >= 0.6 is 0 Å². The molecule has 0 unspecified atom stereocenters. The number of rotatable bonds is 4. The molecule has 2 nitrogen and oxygen atoms in total. The second kappa shape index (κ2) is 8.44. The molecule has 0 fully saturated rings. The van der Waals surface area contributed by atoms with E-state index in [4.69, 9.17) is 0 Å². The van der Waals surface area contributed by atoms with E-state index in [1.54, 1.807) is 0 Å². The molecule has 0 aliphatic carbocycles. The number of anilines is 2. The summed E-state index contributed by atoms with van der Waals surface area (Å²) < 4.78 is 2.36. The Hall–Kier alpha value is -4.82. The number of aromatic nitrogens is 1. The quantitative estimate of drug-likeness (QED) is 0.277. The average molecular weight is 461 g/mol. The fourth-order valence-corrected chi connectivity index (χ4v) is 5.19. The van der Waals surface area contributed by atoms with E-state index in [9.17, 15) is 0 Å². The summed E-state index contributed by atoms with van der Waals surface area (Å²) in [5, 5.41) is 8.57. The molecular formula is C34H24N2. The van der Waals surface area contributed by atoms with Gasteiger partial charge in [0.1, 0.15) is 0 Å². The van der Waals surface area contributed by atoms with Gasteiger partial charge in [-0.05, 0) is 82.6 Å². The Morgan fingerprint density at radius 3 is 1.83 bits per heavy atom. The zero-order chi connectivity index (χ0) is 23.9. The molecule has 0 amide bonds. The maximum absolute atomic E-state index is 3.57. The largest absolute Gasteiger partial charge is 0.356 e. The number of nitrogens with zero attached hydrogens (tertiary/aromatic N) is 1. The number of nitrogens with one attached hydrogen (secondary N) is 1. The highest BCUT2D eigenvalue weighted by molar-refractivity contribution is 6.11. The van der Waals surface area contributed by atoms with Crippen LogP contribution in [0.1, 0.15) is 0 Å². The van der Waals surface area contributed by atoms with Crippen molar-refractivity contribution in [1.29, 1.82) is 0 Å². The molecule has 6 aromatic carbocycles. The highest BCUT2D eigenvalue weighted by Crippen LogP contribution is 2.37. The van der Waals surface area contributed by atoms with Gasteiger partial charge in [0, 0.05) is 27.8 Å². The van der Waals surface area contributed by atoms with Crippen molar-refractivity contribution in [3.8, 4) is 16.8 Å². The molecule has 1 N–H and O–H groups in total. The van der Waals surface area contributed by atoms with Crippen molar-refractivity contribution >= 4 is 44.0 Å². The van der Waals surface area contributed by atoms with Crippen molar-refractivity contribution in [2.24, 2.45) is 0 Å². The number of benzene rings is 6. The molecule has 0 aliphatic heterocycles. The monoisotopic (exact) mass is 460 g/mol. The van der Waals surface area contributed by atoms with E-state index >= 15 is 0 Å². The van der Waals surface area contributed by atoms with Crippen LogP contribution in [0.2, 0.25) is 0 Å². The van der Waals surface area contributed by atoms with Gasteiger partial charge < -0.3 is 9.88 Å². The molecule has 1 aromatic heterocycles. The predicted octanol–water partition coefficient (Wildman–Crippen LogP) is 9.35. The van der Waals surface area contributed by atoms with Crippen molar-refractivity contribution in [2.45, 2.75) is 0 Å². The van der Waals surface area contributed by atoms with Crippen LogP contribution in [0.4, 0.5) is 11.4 Å². The van der Waals surface area contributed by atoms with E-state index in [1.807, 2.05) is 6.07 Å². The smallest absolute Gasteiger partial charge is 0.0542 e. The molecule has 0 saturated carbocycles. The Labute approximate surface area is 210 Å². The first kappa shape index (κ1) is 20.5. The Kier molecular flexibility index (Phi) is 4.82. The van der Waals surface area contributed by atoms with E-state index in [0.29, 0.717) is 0 Å². The summed E-state index contributed by atoms with van der Waals surface area (Å²) in [4.78, 5) is 0. The van der Waals surface area contributed by atoms with Crippen LogP contribution in [0.15, 0.2) is 140 Å². The number of hydrogen-bond donors (Lipinski definition) is 1. The van der Waals surface area contributed by atoms with Crippen LogP contribution in [0.5, 0.6) is 0 Å². The Morgan fingerprint density at radius 1 is 0.417 bits per heavy atom. The van der Waals surface area contributed by atoms with Crippen molar-refractivity contribution in [1.82, 2.24) is 4.57 Å². The molecule has 0 spiro atoms. The molecular weight excluding hydrogens is 436 g/mol. The maximum atomic E-state index is 3.57. The first-order valence-corrected chi connectivity index (χ1v) is 12.3. The van der Waals surface area contributed by atoms with Crippen molar-refractivity contribution in [3.63, 3.8) is 0 Å². The molecule has 0 bridgehead atoms. The molecule has 7 aromatic rings. The van der Waals surface area contributed by atoms with E-state index in [0.717, 1.165) is 11.4 Å². The lowest BCUT2D eigenvalue weighted by Gasteiger charge is -2.09. The predicted molar refractivity (Wildman–Crippen MR) is 153 cm³/mol. The summed E-state index contributed by atoms with van der Waals surface area (Å²) in [5.41, 5.74) is 8.19.